The summed E-state index contributed by atoms with van der Waals surface area (Å²) in [6.45, 7) is 2.77. The van der Waals surface area contributed by atoms with Crippen molar-refractivity contribution in [2.45, 2.75) is 38.3 Å². The number of thiophene rings is 1. The van der Waals surface area contributed by atoms with Gasteiger partial charge in [0.25, 0.3) is 0 Å². The van der Waals surface area contributed by atoms with Crippen LogP contribution < -0.4 is 5.73 Å². The van der Waals surface area contributed by atoms with Gasteiger partial charge in [0.05, 0.1) is 6.04 Å². The van der Waals surface area contributed by atoms with E-state index in [1.807, 2.05) is 23.3 Å². The fraction of sp³-hybridized carbons (Fsp3) is 0.583. The van der Waals surface area contributed by atoms with E-state index in [0.717, 1.165) is 19.4 Å². The molecule has 0 aromatic carbocycles. The Labute approximate surface area is 100 Å². The van der Waals surface area contributed by atoms with Crippen molar-refractivity contribution in [3.63, 3.8) is 0 Å². The maximum Gasteiger partial charge on any atom is 0.223 e. The number of likely N-dealkylation sites (tertiary alicyclic amines) is 1. The van der Waals surface area contributed by atoms with Crippen LogP contribution in [-0.4, -0.2) is 23.4 Å². The molecule has 1 aliphatic heterocycles. The van der Waals surface area contributed by atoms with Crippen molar-refractivity contribution in [3.8, 4) is 0 Å². The van der Waals surface area contributed by atoms with Gasteiger partial charge in [-0.3, -0.25) is 4.79 Å². The summed E-state index contributed by atoms with van der Waals surface area (Å²) in [6, 6.07) is 4.26. The van der Waals surface area contributed by atoms with Gasteiger partial charge in [-0.15, -0.1) is 11.3 Å². The molecule has 1 aliphatic rings. The van der Waals surface area contributed by atoms with Crippen molar-refractivity contribution in [3.05, 3.63) is 22.4 Å². The van der Waals surface area contributed by atoms with Crippen LogP contribution in [0.2, 0.25) is 0 Å². The highest BCUT2D eigenvalue weighted by Crippen LogP contribution is 2.32. The van der Waals surface area contributed by atoms with E-state index in [-0.39, 0.29) is 18.0 Å². The highest BCUT2D eigenvalue weighted by atomic mass is 32.1. The number of hydrogen-bond acceptors (Lipinski definition) is 3. The maximum atomic E-state index is 12.0. The van der Waals surface area contributed by atoms with E-state index in [2.05, 4.69) is 6.07 Å². The first-order valence-corrected chi connectivity index (χ1v) is 6.70. The minimum Gasteiger partial charge on any atom is -0.334 e. The average Bonchev–Trinajstić information content (AvgIpc) is 2.73. The first kappa shape index (κ1) is 11.6. The predicted molar refractivity (Wildman–Crippen MR) is 66.3 cm³/mol. The molecule has 2 heterocycles. The smallest absolute Gasteiger partial charge is 0.223 e. The molecule has 3 nitrogen and oxygen atoms in total. The lowest BCUT2D eigenvalue weighted by atomic mass is 10.0. The maximum absolute atomic E-state index is 12.0. The molecule has 0 radical (unpaired) electrons. The number of nitrogens with two attached hydrogens (primary N) is 1. The van der Waals surface area contributed by atoms with Crippen LogP contribution in [0.25, 0.3) is 0 Å². The fourth-order valence-electron chi connectivity index (χ4n) is 2.37. The molecular formula is C12H18N2OS. The van der Waals surface area contributed by atoms with Crippen LogP contribution in [0.4, 0.5) is 0 Å². The predicted octanol–water partition coefficient (Wildman–Crippen LogP) is 2.15. The molecule has 1 fully saturated rings. The summed E-state index contributed by atoms with van der Waals surface area (Å²) in [5, 5.41) is 2.05. The molecule has 2 unspecified atom stereocenters. The Bertz CT molecular complexity index is 350. The monoisotopic (exact) mass is 238 g/mol. The van der Waals surface area contributed by atoms with Crippen LogP contribution in [0.5, 0.6) is 0 Å². The summed E-state index contributed by atoms with van der Waals surface area (Å²) in [7, 11) is 0. The van der Waals surface area contributed by atoms with Gasteiger partial charge in [0.15, 0.2) is 0 Å². The Morgan fingerprint density at radius 1 is 1.62 bits per heavy atom. The molecule has 0 bridgehead atoms. The second-order valence-corrected chi connectivity index (χ2v) is 5.18. The SMILES string of the molecule is CCN1C(=O)CCCC(N)C1c1cccs1. The molecular weight excluding hydrogens is 220 g/mol. The fourth-order valence-corrected chi connectivity index (χ4v) is 3.29. The first-order valence-electron chi connectivity index (χ1n) is 5.82. The first-order chi connectivity index (χ1) is 7.74. The molecule has 1 amide bonds. The van der Waals surface area contributed by atoms with Gasteiger partial charge >= 0.3 is 0 Å². The third-order valence-corrected chi connectivity index (χ3v) is 4.11. The Kier molecular flexibility index (Phi) is 3.61. The normalized spacial score (nSPS) is 26.9. The number of nitrogens with zero attached hydrogens (tertiary/aromatic N) is 1. The molecule has 2 atom stereocenters. The van der Waals surface area contributed by atoms with Crippen molar-refractivity contribution in [2.24, 2.45) is 5.73 Å². The molecule has 2 rings (SSSR count). The van der Waals surface area contributed by atoms with Crippen molar-refractivity contribution in [1.82, 2.24) is 4.90 Å². The highest BCUT2D eigenvalue weighted by molar-refractivity contribution is 7.10. The van der Waals surface area contributed by atoms with Crippen LogP contribution in [0.3, 0.4) is 0 Å². The van der Waals surface area contributed by atoms with Crippen LogP contribution in [-0.2, 0) is 4.79 Å². The number of hydrogen-bond donors (Lipinski definition) is 1. The molecule has 1 aromatic rings. The lowest BCUT2D eigenvalue weighted by molar-refractivity contribution is -0.132. The van der Waals surface area contributed by atoms with Gasteiger partial charge in [-0.2, -0.15) is 0 Å². The number of rotatable bonds is 2. The number of carbonyl (C=O) groups excluding carboxylic acids is 1. The third kappa shape index (κ3) is 2.13. The van der Waals surface area contributed by atoms with E-state index < -0.39 is 0 Å². The highest BCUT2D eigenvalue weighted by Gasteiger charge is 2.32. The largest absolute Gasteiger partial charge is 0.334 e. The van der Waals surface area contributed by atoms with Gasteiger partial charge in [-0.25, -0.2) is 0 Å². The minimum atomic E-state index is 0.0741. The van der Waals surface area contributed by atoms with Crippen LogP contribution in [0.15, 0.2) is 17.5 Å². The Morgan fingerprint density at radius 2 is 2.44 bits per heavy atom. The summed E-state index contributed by atoms with van der Waals surface area (Å²) >= 11 is 1.69. The lowest BCUT2D eigenvalue weighted by Crippen LogP contribution is -2.41. The molecule has 16 heavy (non-hydrogen) atoms. The summed E-state index contributed by atoms with van der Waals surface area (Å²) in [5.74, 6) is 0.244. The van der Waals surface area contributed by atoms with Gasteiger partial charge in [0, 0.05) is 23.9 Å². The number of amides is 1. The van der Waals surface area contributed by atoms with Crippen LogP contribution >= 0.6 is 11.3 Å². The lowest BCUT2D eigenvalue weighted by Gasteiger charge is -2.32. The van der Waals surface area contributed by atoms with Crippen LogP contribution in [0, 0.1) is 0 Å². The average molecular weight is 238 g/mol. The second-order valence-electron chi connectivity index (χ2n) is 4.20. The zero-order chi connectivity index (χ0) is 11.5. The summed E-state index contributed by atoms with van der Waals surface area (Å²) in [6.07, 6.45) is 2.49. The number of carbonyl (C=O) groups is 1. The molecule has 4 heteroatoms. The summed E-state index contributed by atoms with van der Waals surface area (Å²) in [4.78, 5) is 15.1. The van der Waals surface area contributed by atoms with Crippen LogP contribution in [0.1, 0.15) is 37.1 Å². The Morgan fingerprint density at radius 3 is 3.06 bits per heavy atom. The quantitative estimate of drug-likeness (QED) is 0.858. The van der Waals surface area contributed by atoms with Gasteiger partial charge in [0.2, 0.25) is 5.91 Å². The van der Waals surface area contributed by atoms with Crippen molar-refractivity contribution in [2.75, 3.05) is 6.54 Å². The molecule has 88 valence electrons. The zero-order valence-corrected chi connectivity index (χ0v) is 10.4. The van der Waals surface area contributed by atoms with E-state index in [1.165, 1.54) is 4.88 Å². The van der Waals surface area contributed by atoms with E-state index >= 15 is 0 Å². The second kappa shape index (κ2) is 4.97. The van der Waals surface area contributed by atoms with E-state index in [0.29, 0.717) is 6.42 Å². The molecule has 0 saturated carbocycles. The molecule has 2 N–H and O–H groups in total. The number of likely N-dealkylation sites (N-methyl/N-ethyl adjacent to an activating group) is 1. The van der Waals surface area contributed by atoms with Crippen molar-refractivity contribution >= 4 is 17.2 Å². The third-order valence-electron chi connectivity index (χ3n) is 3.17. The zero-order valence-electron chi connectivity index (χ0n) is 9.56. The van der Waals surface area contributed by atoms with Gasteiger partial charge in [-0.1, -0.05) is 6.07 Å². The minimum absolute atomic E-state index is 0.0741. The molecule has 1 saturated heterocycles. The van der Waals surface area contributed by atoms with E-state index in [9.17, 15) is 4.79 Å². The Hall–Kier alpha value is -0.870. The molecule has 1 aromatic heterocycles. The van der Waals surface area contributed by atoms with E-state index in [1.54, 1.807) is 11.3 Å². The van der Waals surface area contributed by atoms with Gasteiger partial charge < -0.3 is 10.6 Å². The topological polar surface area (TPSA) is 46.3 Å². The van der Waals surface area contributed by atoms with Crippen molar-refractivity contribution < 1.29 is 4.79 Å². The van der Waals surface area contributed by atoms with E-state index in [4.69, 9.17) is 5.73 Å². The summed E-state index contributed by atoms with van der Waals surface area (Å²) in [5.41, 5.74) is 6.21. The van der Waals surface area contributed by atoms with Gasteiger partial charge in [-0.05, 0) is 31.2 Å². The molecule has 0 spiro atoms. The van der Waals surface area contributed by atoms with Gasteiger partial charge in [0.1, 0.15) is 0 Å². The Balaban J connectivity index is 2.31. The molecule has 0 aliphatic carbocycles. The standard InChI is InChI=1S/C12H18N2OS/c1-2-14-11(15)7-3-5-9(13)12(14)10-6-4-8-16-10/h4,6,8-9,12H,2-3,5,7,13H2,1H3. The summed E-state index contributed by atoms with van der Waals surface area (Å²) < 4.78 is 0. The van der Waals surface area contributed by atoms with Crippen molar-refractivity contribution in [1.29, 1.82) is 0 Å².